The molecule has 0 saturated carbocycles. The molecule has 3 rings (SSSR count). The first-order chi connectivity index (χ1) is 10.9. The van der Waals surface area contributed by atoms with Gasteiger partial charge in [0.1, 0.15) is 6.54 Å². The van der Waals surface area contributed by atoms with E-state index in [2.05, 4.69) is 25.2 Å². The lowest BCUT2D eigenvalue weighted by Gasteiger charge is -2.04. The molecular formula is C12H12N6O3S2. The summed E-state index contributed by atoms with van der Waals surface area (Å²) in [5, 5.41) is 10.4. The molecule has 1 aromatic carbocycles. The SMILES string of the molecule is CS(=O)(=O)Nc1cnn(CC(=O)Nc2ccc3ncsc3c2)n1. The molecule has 1 amide bonds. The highest BCUT2D eigenvalue weighted by molar-refractivity contribution is 7.92. The van der Waals surface area contributed by atoms with Gasteiger partial charge in [0.2, 0.25) is 15.9 Å². The smallest absolute Gasteiger partial charge is 0.247 e. The Kier molecular flexibility index (Phi) is 3.96. The molecule has 0 unspecified atom stereocenters. The van der Waals surface area contributed by atoms with Gasteiger partial charge in [0.05, 0.1) is 28.2 Å². The molecule has 2 heterocycles. The number of nitrogens with one attached hydrogen (secondary N) is 2. The number of amides is 1. The van der Waals surface area contributed by atoms with Crippen LogP contribution in [0.3, 0.4) is 0 Å². The molecule has 2 aromatic heterocycles. The van der Waals surface area contributed by atoms with Crippen LogP contribution in [0, 0.1) is 0 Å². The maximum Gasteiger partial charge on any atom is 0.247 e. The van der Waals surface area contributed by atoms with Gasteiger partial charge in [-0.1, -0.05) is 0 Å². The van der Waals surface area contributed by atoms with Crippen LogP contribution in [0.2, 0.25) is 0 Å². The van der Waals surface area contributed by atoms with Crippen molar-refractivity contribution in [2.75, 3.05) is 16.3 Å². The molecule has 11 heteroatoms. The van der Waals surface area contributed by atoms with Gasteiger partial charge in [-0.2, -0.15) is 9.90 Å². The average Bonchev–Trinajstić information content (AvgIpc) is 3.05. The molecule has 3 aromatic rings. The number of carbonyl (C=O) groups excluding carboxylic acids is 1. The van der Waals surface area contributed by atoms with Crippen LogP contribution < -0.4 is 10.0 Å². The Morgan fingerprint density at radius 1 is 1.39 bits per heavy atom. The Morgan fingerprint density at radius 3 is 3.00 bits per heavy atom. The van der Waals surface area contributed by atoms with Crippen LogP contribution in [-0.2, 0) is 21.4 Å². The van der Waals surface area contributed by atoms with Gasteiger partial charge in [0.15, 0.2) is 5.82 Å². The molecular weight excluding hydrogens is 340 g/mol. The van der Waals surface area contributed by atoms with E-state index in [1.165, 1.54) is 17.5 Å². The van der Waals surface area contributed by atoms with Crippen LogP contribution in [0.4, 0.5) is 11.5 Å². The Morgan fingerprint density at radius 2 is 2.22 bits per heavy atom. The highest BCUT2D eigenvalue weighted by atomic mass is 32.2. The molecule has 0 bridgehead atoms. The zero-order chi connectivity index (χ0) is 16.4. The standard InChI is InChI=1S/C12H12N6O3S2/c1-23(20,21)17-11-5-14-18(16-11)6-12(19)15-8-2-3-9-10(4-8)22-7-13-9/h2-5,7H,6H2,1H3,(H,15,19)(H,16,17). The Bertz CT molecular complexity index is 962. The Balaban J connectivity index is 1.65. The number of anilines is 2. The van der Waals surface area contributed by atoms with Crippen LogP contribution in [-0.4, -0.2) is 40.6 Å². The quantitative estimate of drug-likeness (QED) is 0.704. The second kappa shape index (κ2) is 5.93. The number of sulfonamides is 1. The normalized spacial score (nSPS) is 11.5. The van der Waals surface area contributed by atoms with Crippen molar-refractivity contribution in [2.45, 2.75) is 6.54 Å². The van der Waals surface area contributed by atoms with Crippen LogP contribution in [0.5, 0.6) is 0 Å². The largest absolute Gasteiger partial charge is 0.324 e. The van der Waals surface area contributed by atoms with Crippen molar-refractivity contribution in [3.63, 3.8) is 0 Å². The van der Waals surface area contributed by atoms with Crippen molar-refractivity contribution in [3.05, 3.63) is 29.9 Å². The third-order valence-electron chi connectivity index (χ3n) is 2.73. The van der Waals surface area contributed by atoms with Crippen LogP contribution >= 0.6 is 11.3 Å². The summed E-state index contributed by atoms with van der Waals surface area (Å²) in [6.45, 7) is -0.133. The Labute approximate surface area is 135 Å². The van der Waals surface area contributed by atoms with E-state index in [1.807, 2.05) is 12.1 Å². The number of rotatable bonds is 5. The summed E-state index contributed by atoms with van der Waals surface area (Å²) >= 11 is 1.48. The number of benzene rings is 1. The zero-order valence-electron chi connectivity index (χ0n) is 11.9. The minimum Gasteiger partial charge on any atom is -0.324 e. The van der Waals surface area contributed by atoms with Crippen molar-refractivity contribution < 1.29 is 13.2 Å². The van der Waals surface area contributed by atoms with Crippen LogP contribution in [0.1, 0.15) is 0 Å². The van der Waals surface area contributed by atoms with E-state index in [-0.39, 0.29) is 18.3 Å². The first-order valence-corrected chi connectivity index (χ1v) is 9.17. The van der Waals surface area contributed by atoms with Gasteiger partial charge in [-0.25, -0.2) is 13.4 Å². The third kappa shape index (κ3) is 4.02. The minimum atomic E-state index is -3.43. The monoisotopic (exact) mass is 352 g/mol. The number of carbonyl (C=O) groups is 1. The lowest BCUT2D eigenvalue weighted by atomic mass is 10.3. The van der Waals surface area contributed by atoms with Crippen molar-refractivity contribution in [1.82, 2.24) is 20.0 Å². The van der Waals surface area contributed by atoms with Crippen molar-refractivity contribution in [2.24, 2.45) is 0 Å². The third-order valence-corrected chi connectivity index (χ3v) is 4.10. The van der Waals surface area contributed by atoms with Crippen LogP contribution in [0.15, 0.2) is 29.9 Å². The number of hydrogen-bond acceptors (Lipinski definition) is 7. The summed E-state index contributed by atoms with van der Waals surface area (Å²) in [5.41, 5.74) is 3.26. The maximum atomic E-state index is 12.0. The lowest BCUT2D eigenvalue weighted by molar-refractivity contribution is -0.117. The predicted octanol–water partition coefficient (Wildman–Crippen LogP) is 0.898. The van der Waals surface area contributed by atoms with E-state index in [4.69, 9.17) is 0 Å². The fourth-order valence-corrected chi connectivity index (χ4v) is 3.06. The summed E-state index contributed by atoms with van der Waals surface area (Å²) in [4.78, 5) is 17.3. The van der Waals surface area contributed by atoms with Crippen molar-refractivity contribution in [1.29, 1.82) is 0 Å². The summed E-state index contributed by atoms with van der Waals surface area (Å²) < 4.78 is 25.3. The lowest BCUT2D eigenvalue weighted by Crippen LogP contribution is -2.20. The van der Waals surface area contributed by atoms with E-state index in [1.54, 1.807) is 11.6 Å². The van der Waals surface area contributed by atoms with Gasteiger partial charge in [0.25, 0.3) is 0 Å². The average molecular weight is 352 g/mol. The summed E-state index contributed by atoms with van der Waals surface area (Å²) in [7, 11) is -3.43. The number of aromatic nitrogens is 4. The van der Waals surface area contributed by atoms with E-state index in [0.717, 1.165) is 21.3 Å². The minimum absolute atomic E-state index is 0.0615. The molecule has 0 atom stereocenters. The van der Waals surface area contributed by atoms with Crippen LogP contribution in [0.25, 0.3) is 10.2 Å². The molecule has 0 fully saturated rings. The first kappa shape index (κ1) is 15.4. The number of hydrogen-bond donors (Lipinski definition) is 2. The molecule has 23 heavy (non-hydrogen) atoms. The molecule has 0 spiro atoms. The molecule has 2 N–H and O–H groups in total. The van der Waals surface area contributed by atoms with Gasteiger partial charge in [-0.05, 0) is 18.2 Å². The fraction of sp³-hybridized carbons (Fsp3) is 0.167. The van der Waals surface area contributed by atoms with Gasteiger partial charge < -0.3 is 5.32 Å². The Hall–Kier alpha value is -2.53. The molecule has 0 radical (unpaired) electrons. The van der Waals surface area contributed by atoms with E-state index in [0.29, 0.717) is 5.69 Å². The van der Waals surface area contributed by atoms with Gasteiger partial charge >= 0.3 is 0 Å². The summed E-state index contributed by atoms with van der Waals surface area (Å²) in [6.07, 6.45) is 2.24. The van der Waals surface area contributed by atoms with E-state index in [9.17, 15) is 13.2 Å². The van der Waals surface area contributed by atoms with Crippen molar-refractivity contribution in [3.8, 4) is 0 Å². The highest BCUT2D eigenvalue weighted by Crippen LogP contribution is 2.21. The number of thiazole rings is 1. The second-order valence-corrected chi connectivity index (χ2v) is 7.35. The topological polar surface area (TPSA) is 119 Å². The van der Waals surface area contributed by atoms with Gasteiger partial charge in [-0.15, -0.1) is 16.4 Å². The zero-order valence-corrected chi connectivity index (χ0v) is 13.6. The fourth-order valence-electron chi connectivity index (χ4n) is 1.87. The number of nitrogens with zero attached hydrogens (tertiary/aromatic N) is 4. The first-order valence-electron chi connectivity index (χ1n) is 6.40. The maximum absolute atomic E-state index is 12.0. The van der Waals surface area contributed by atoms with Gasteiger partial charge in [-0.3, -0.25) is 9.52 Å². The molecule has 120 valence electrons. The van der Waals surface area contributed by atoms with E-state index < -0.39 is 10.0 Å². The van der Waals surface area contributed by atoms with Crippen molar-refractivity contribution >= 4 is 49.0 Å². The molecule has 0 aliphatic carbocycles. The molecule has 0 aliphatic heterocycles. The second-order valence-electron chi connectivity index (χ2n) is 4.72. The predicted molar refractivity (Wildman–Crippen MR) is 86.7 cm³/mol. The summed E-state index contributed by atoms with van der Waals surface area (Å²) in [5.74, 6) is -0.262. The molecule has 0 saturated heterocycles. The van der Waals surface area contributed by atoms with E-state index >= 15 is 0 Å². The molecule has 9 nitrogen and oxygen atoms in total. The number of fused-ring (bicyclic) bond motifs is 1. The summed E-state index contributed by atoms with van der Waals surface area (Å²) in [6, 6.07) is 5.41. The highest BCUT2D eigenvalue weighted by Gasteiger charge is 2.10. The van der Waals surface area contributed by atoms with Gasteiger partial charge in [0, 0.05) is 5.69 Å². The molecule has 0 aliphatic rings.